The molecule has 0 saturated heterocycles. The summed E-state index contributed by atoms with van der Waals surface area (Å²) in [7, 11) is 0. The summed E-state index contributed by atoms with van der Waals surface area (Å²) in [5.41, 5.74) is 8.28. The molecule has 84 valence electrons. The van der Waals surface area contributed by atoms with Gasteiger partial charge in [0.15, 0.2) is 0 Å². The number of hydrogen-bond donors (Lipinski definition) is 2. The summed E-state index contributed by atoms with van der Waals surface area (Å²) >= 11 is 0. The number of hydrogen-bond acceptors (Lipinski definition) is 2. The Labute approximate surface area is 94.3 Å². The van der Waals surface area contributed by atoms with Crippen molar-refractivity contribution in [3.63, 3.8) is 0 Å². The SMILES string of the molecule is Cc1cc2cc(C(C)(C)N)ccc2[nH]c1=O. The van der Waals surface area contributed by atoms with Crippen molar-refractivity contribution < 1.29 is 0 Å². The fourth-order valence-corrected chi connectivity index (χ4v) is 1.72. The van der Waals surface area contributed by atoms with E-state index in [-0.39, 0.29) is 11.1 Å². The maximum Gasteiger partial charge on any atom is 0.251 e. The van der Waals surface area contributed by atoms with Gasteiger partial charge in [0, 0.05) is 16.6 Å². The molecule has 0 fully saturated rings. The molecule has 0 saturated carbocycles. The zero-order chi connectivity index (χ0) is 11.9. The topological polar surface area (TPSA) is 58.9 Å². The lowest BCUT2D eigenvalue weighted by atomic mass is 9.94. The minimum absolute atomic E-state index is 0.0349. The molecule has 1 aromatic carbocycles. The zero-order valence-corrected chi connectivity index (χ0v) is 9.79. The van der Waals surface area contributed by atoms with E-state index in [0.717, 1.165) is 22.0 Å². The molecule has 0 aliphatic carbocycles. The summed E-state index contributed by atoms with van der Waals surface area (Å²) in [6, 6.07) is 7.77. The summed E-state index contributed by atoms with van der Waals surface area (Å²) in [5, 5.41) is 1.02. The standard InChI is InChI=1S/C13H16N2O/c1-8-6-9-7-10(13(2,3)14)4-5-11(9)15-12(8)16/h4-7H,14H2,1-3H3,(H,15,16). The van der Waals surface area contributed by atoms with Crippen molar-refractivity contribution in [2.24, 2.45) is 5.73 Å². The minimum Gasteiger partial charge on any atom is -0.322 e. The number of nitrogens with two attached hydrogens (primary N) is 1. The maximum atomic E-state index is 11.4. The quantitative estimate of drug-likeness (QED) is 0.766. The van der Waals surface area contributed by atoms with E-state index >= 15 is 0 Å². The zero-order valence-electron chi connectivity index (χ0n) is 9.79. The Morgan fingerprint density at radius 3 is 2.56 bits per heavy atom. The second kappa shape index (κ2) is 3.46. The third-order valence-electron chi connectivity index (χ3n) is 2.77. The average molecular weight is 216 g/mol. The Morgan fingerprint density at radius 1 is 1.25 bits per heavy atom. The van der Waals surface area contributed by atoms with Crippen molar-refractivity contribution in [1.29, 1.82) is 0 Å². The van der Waals surface area contributed by atoms with Crippen LogP contribution in [0.3, 0.4) is 0 Å². The van der Waals surface area contributed by atoms with E-state index in [2.05, 4.69) is 4.98 Å². The van der Waals surface area contributed by atoms with Crippen molar-refractivity contribution >= 4 is 10.9 Å². The molecule has 0 aliphatic rings. The first-order valence-corrected chi connectivity index (χ1v) is 5.31. The molecule has 2 rings (SSSR count). The predicted molar refractivity (Wildman–Crippen MR) is 66.5 cm³/mol. The van der Waals surface area contributed by atoms with Gasteiger partial charge in [-0.05, 0) is 49.9 Å². The highest BCUT2D eigenvalue weighted by Crippen LogP contribution is 2.21. The van der Waals surface area contributed by atoms with Crippen molar-refractivity contribution in [1.82, 2.24) is 4.98 Å². The molecule has 0 spiro atoms. The Balaban J connectivity index is 2.72. The second-order valence-electron chi connectivity index (χ2n) is 4.81. The van der Waals surface area contributed by atoms with E-state index in [1.54, 1.807) is 6.92 Å². The summed E-state index contributed by atoms with van der Waals surface area (Å²) in [6.07, 6.45) is 0. The number of aromatic amines is 1. The first-order valence-electron chi connectivity index (χ1n) is 5.31. The predicted octanol–water partition coefficient (Wildman–Crippen LogP) is 2.03. The highest BCUT2D eigenvalue weighted by Gasteiger charge is 2.14. The van der Waals surface area contributed by atoms with Crippen LogP contribution in [0.5, 0.6) is 0 Å². The normalized spacial score (nSPS) is 12.0. The van der Waals surface area contributed by atoms with Crippen LogP contribution < -0.4 is 11.3 Å². The number of nitrogens with one attached hydrogen (secondary N) is 1. The Kier molecular flexibility index (Phi) is 2.35. The number of benzene rings is 1. The van der Waals surface area contributed by atoms with Gasteiger partial charge in [-0.15, -0.1) is 0 Å². The van der Waals surface area contributed by atoms with Crippen molar-refractivity contribution in [3.8, 4) is 0 Å². The van der Waals surface area contributed by atoms with Crippen LogP contribution in [-0.4, -0.2) is 4.98 Å². The third-order valence-corrected chi connectivity index (χ3v) is 2.77. The van der Waals surface area contributed by atoms with Crippen molar-refractivity contribution in [3.05, 3.63) is 45.7 Å². The van der Waals surface area contributed by atoms with Crippen LogP contribution in [0.15, 0.2) is 29.1 Å². The lowest BCUT2D eigenvalue weighted by Crippen LogP contribution is -2.28. The highest BCUT2D eigenvalue weighted by molar-refractivity contribution is 5.79. The molecule has 3 nitrogen and oxygen atoms in total. The second-order valence-corrected chi connectivity index (χ2v) is 4.81. The van der Waals surface area contributed by atoms with Crippen LogP contribution in [0.25, 0.3) is 10.9 Å². The largest absolute Gasteiger partial charge is 0.322 e. The third kappa shape index (κ3) is 1.86. The van der Waals surface area contributed by atoms with Gasteiger partial charge < -0.3 is 10.7 Å². The van der Waals surface area contributed by atoms with Crippen LogP contribution in [0, 0.1) is 6.92 Å². The fourth-order valence-electron chi connectivity index (χ4n) is 1.72. The molecule has 0 amide bonds. The molecule has 0 bridgehead atoms. The summed E-state index contributed by atoms with van der Waals surface area (Å²) in [5.74, 6) is 0. The van der Waals surface area contributed by atoms with Gasteiger partial charge in [0.05, 0.1) is 0 Å². The molecule has 0 aliphatic heterocycles. The molecule has 0 radical (unpaired) electrons. The monoisotopic (exact) mass is 216 g/mol. The molecule has 2 aromatic rings. The minimum atomic E-state index is -0.363. The molecular weight excluding hydrogens is 200 g/mol. The smallest absolute Gasteiger partial charge is 0.251 e. The molecule has 0 atom stereocenters. The summed E-state index contributed by atoms with van der Waals surface area (Å²) in [4.78, 5) is 14.3. The number of rotatable bonds is 1. The fraction of sp³-hybridized carbons (Fsp3) is 0.308. The average Bonchev–Trinajstić information content (AvgIpc) is 2.17. The Morgan fingerprint density at radius 2 is 1.94 bits per heavy atom. The van der Waals surface area contributed by atoms with E-state index in [0.29, 0.717) is 0 Å². The van der Waals surface area contributed by atoms with Gasteiger partial charge in [-0.1, -0.05) is 6.07 Å². The van der Waals surface area contributed by atoms with Crippen LogP contribution >= 0.6 is 0 Å². The number of aromatic nitrogens is 1. The van der Waals surface area contributed by atoms with Crippen LogP contribution in [0.4, 0.5) is 0 Å². The Hall–Kier alpha value is -1.61. The van der Waals surface area contributed by atoms with Crippen molar-refractivity contribution in [2.45, 2.75) is 26.3 Å². The summed E-state index contributed by atoms with van der Waals surface area (Å²) in [6.45, 7) is 5.73. The van der Waals surface area contributed by atoms with E-state index < -0.39 is 0 Å². The van der Waals surface area contributed by atoms with Gasteiger partial charge in [0.25, 0.3) is 5.56 Å². The highest BCUT2D eigenvalue weighted by atomic mass is 16.1. The lowest BCUT2D eigenvalue weighted by Gasteiger charge is -2.19. The molecule has 1 aromatic heterocycles. The Bertz CT molecular complexity index is 591. The molecule has 1 heterocycles. The van der Waals surface area contributed by atoms with Gasteiger partial charge in [0.1, 0.15) is 0 Å². The number of aryl methyl sites for hydroxylation is 1. The van der Waals surface area contributed by atoms with Crippen LogP contribution in [0.2, 0.25) is 0 Å². The van der Waals surface area contributed by atoms with Gasteiger partial charge in [-0.2, -0.15) is 0 Å². The van der Waals surface area contributed by atoms with Gasteiger partial charge in [-0.3, -0.25) is 4.79 Å². The molecule has 0 unspecified atom stereocenters. The lowest BCUT2D eigenvalue weighted by molar-refractivity contribution is 0.555. The molecule has 16 heavy (non-hydrogen) atoms. The first kappa shape index (κ1) is 10.9. The van der Waals surface area contributed by atoms with E-state index in [4.69, 9.17) is 5.73 Å². The van der Waals surface area contributed by atoms with Gasteiger partial charge in [0.2, 0.25) is 0 Å². The van der Waals surface area contributed by atoms with E-state index in [1.165, 1.54) is 0 Å². The number of fused-ring (bicyclic) bond motifs is 1. The maximum absolute atomic E-state index is 11.4. The molecular formula is C13H16N2O. The van der Waals surface area contributed by atoms with E-state index in [9.17, 15) is 4.79 Å². The van der Waals surface area contributed by atoms with Crippen LogP contribution in [-0.2, 0) is 5.54 Å². The van der Waals surface area contributed by atoms with Gasteiger partial charge >= 0.3 is 0 Å². The van der Waals surface area contributed by atoms with Gasteiger partial charge in [-0.25, -0.2) is 0 Å². The number of H-pyrrole nitrogens is 1. The van der Waals surface area contributed by atoms with E-state index in [1.807, 2.05) is 38.1 Å². The first-order chi connectivity index (χ1) is 7.38. The molecule has 3 heteroatoms. The van der Waals surface area contributed by atoms with Crippen LogP contribution in [0.1, 0.15) is 25.0 Å². The summed E-state index contributed by atoms with van der Waals surface area (Å²) < 4.78 is 0. The van der Waals surface area contributed by atoms with Crippen molar-refractivity contribution in [2.75, 3.05) is 0 Å². The number of pyridine rings is 1. The molecule has 3 N–H and O–H groups in total.